The molecule has 0 aliphatic heterocycles. The van der Waals surface area contributed by atoms with Crippen LogP contribution in [-0.4, -0.2) is 42.3 Å². The van der Waals surface area contributed by atoms with Crippen molar-refractivity contribution in [2.45, 2.75) is 0 Å². The van der Waals surface area contributed by atoms with E-state index in [4.69, 9.17) is 4.74 Å². The Labute approximate surface area is 157 Å². The van der Waals surface area contributed by atoms with Crippen LogP contribution in [0.1, 0.15) is 10.4 Å². The minimum Gasteiger partial charge on any atom is -0.497 e. The number of methoxy groups -OCH3 is 1. The number of para-hydroxylation sites is 1. The largest absolute Gasteiger partial charge is 0.497 e. The first kappa shape index (κ1) is 18.2. The molecular formula is C20H20N4O3. The highest BCUT2D eigenvalue weighted by Crippen LogP contribution is 2.26. The topological polar surface area (TPSA) is 85.3 Å². The van der Waals surface area contributed by atoms with Gasteiger partial charge in [-0.25, -0.2) is 4.68 Å². The predicted molar refractivity (Wildman–Crippen MR) is 102 cm³/mol. The van der Waals surface area contributed by atoms with E-state index in [1.807, 2.05) is 54.6 Å². The molecule has 1 aromatic heterocycles. The summed E-state index contributed by atoms with van der Waals surface area (Å²) in [5.74, 6) is 0.0128. The second-order valence-electron chi connectivity index (χ2n) is 5.76. The minimum atomic E-state index is -0.376. The van der Waals surface area contributed by atoms with Gasteiger partial charge in [-0.05, 0) is 24.3 Å². The highest BCUT2D eigenvalue weighted by molar-refractivity contribution is 6.01. The van der Waals surface area contributed by atoms with E-state index in [1.54, 1.807) is 18.0 Å². The van der Waals surface area contributed by atoms with Crippen molar-refractivity contribution in [2.75, 3.05) is 20.7 Å². The van der Waals surface area contributed by atoms with Crippen molar-refractivity contribution in [2.24, 2.45) is 0 Å². The van der Waals surface area contributed by atoms with Crippen molar-refractivity contribution in [3.8, 4) is 22.7 Å². The van der Waals surface area contributed by atoms with E-state index in [1.165, 1.54) is 7.05 Å². The molecule has 0 aliphatic rings. The number of ether oxygens (including phenoxy) is 1. The number of likely N-dealkylation sites (N-methyl/N-ethyl adjacent to an activating group) is 1. The molecule has 2 amide bonds. The Morgan fingerprint density at radius 1 is 1.11 bits per heavy atom. The molecule has 1 heterocycles. The van der Waals surface area contributed by atoms with Gasteiger partial charge in [0.15, 0.2) is 0 Å². The zero-order valence-electron chi connectivity index (χ0n) is 15.1. The first-order valence-electron chi connectivity index (χ1n) is 8.40. The lowest BCUT2D eigenvalue weighted by molar-refractivity contribution is -0.119. The molecule has 0 radical (unpaired) electrons. The zero-order chi connectivity index (χ0) is 19.2. The quantitative estimate of drug-likeness (QED) is 0.701. The summed E-state index contributed by atoms with van der Waals surface area (Å²) in [5.41, 5.74) is 2.45. The molecule has 3 rings (SSSR count). The molecule has 3 aromatic rings. The van der Waals surface area contributed by atoms with Crippen LogP contribution in [-0.2, 0) is 4.79 Å². The molecule has 7 heteroatoms. The third kappa shape index (κ3) is 4.14. The van der Waals surface area contributed by atoms with Crippen LogP contribution in [0.3, 0.4) is 0 Å². The van der Waals surface area contributed by atoms with Gasteiger partial charge in [-0.1, -0.05) is 30.3 Å². The monoisotopic (exact) mass is 364 g/mol. The van der Waals surface area contributed by atoms with E-state index in [0.717, 1.165) is 11.3 Å². The number of carbonyl (C=O) groups excluding carboxylic acids is 2. The van der Waals surface area contributed by atoms with Crippen LogP contribution in [0.2, 0.25) is 0 Å². The lowest BCUT2D eigenvalue weighted by atomic mass is 10.1. The third-order valence-electron chi connectivity index (χ3n) is 4.01. The van der Waals surface area contributed by atoms with Crippen molar-refractivity contribution in [3.05, 3.63) is 66.4 Å². The lowest BCUT2D eigenvalue weighted by Gasteiger charge is -2.06. The molecule has 27 heavy (non-hydrogen) atoms. The number of aromatic nitrogens is 2. The first-order valence-corrected chi connectivity index (χ1v) is 8.40. The molecule has 7 nitrogen and oxygen atoms in total. The fraction of sp³-hybridized carbons (Fsp3) is 0.150. The van der Waals surface area contributed by atoms with Crippen LogP contribution in [0.4, 0.5) is 0 Å². The first-order chi connectivity index (χ1) is 13.1. The molecule has 0 saturated carbocycles. The van der Waals surface area contributed by atoms with Crippen LogP contribution >= 0.6 is 0 Å². The molecular weight excluding hydrogens is 344 g/mol. The van der Waals surface area contributed by atoms with Crippen molar-refractivity contribution in [3.63, 3.8) is 0 Å². The van der Waals surface area contributed by atoms with Gasteiger partial charge in [-0.3, -0.25) is 9.59 Å². The highest BCUT2D eigenvalue weighted by atomic mass is 16.5. The van der Waals surface area contributed by atoms with Gasteiger partial charge in [-0.15, -0.1) is 0 Å². The van der Waals surface area contributed by atoms with Gasteiger partial charge < -0.3 is 15.4 Å². The van der Waals surface area contributed by atoms with Gasteiger partial charge in [0, 0.05) is 18.8 Å². The Morgan fingerprint density at radius 2 is 1.89 bits per heavy atom. The van der Waals surface area contributed by atoms with Gasteiger partial charge in [0.25, 0.3) is 5.91 Å². The third-order valence-corrected chi connectivity index (χ3v) is 4.01. The molecule has 0 atom stereocenters. The van der Waals surface area contributed by atoms with Crippen molar-refractivity contribution >= 4 is 11.8 Å². The summed E-state index contributed by atoms with van der Waals surface area (Å²) in [6.45, 7) is -0.108. The summed E-state index contributed by atoms with van der Waals surface area (Å²) in [6, 6.07) is 16.8. The second kappa shape index (κ2) is 8.18. The number of carbonyl (C=O) groups is 2. The number of hydrogen-bond donors (Lipinski definition) is 2. The lowest BCUT2D eigenvalue weighted by Crippen LogP contribution is -2.35. The van der Waals surface area contributed by atoms with E-state index in [9.17, 15) is 9.59 Å². The smallest absolute Gasteiger partial charge is 0.255 e. The average Bonchev–Trinajstić information content (AvgIpc) is 3.18. The maximum Gasteiger partial charge on any atom is 0.255 e. The van der Waals surface area contributed by atoms with Crippen molar-refractivity contribution in [1.29, 1.82) is 0 Å². The van der Waals surface area contributed by atoms with Gasteiger partial charge in [-0.2, -0.15) is 5.10 Å². The zero-order valence-corrected chi connectivity index (χ0v) is 15.1. The number of nitrogens with zero attached hydrogens (tertiary/aromatic N) is 2. The number of benzene rings is 2. The Morgan fingerprint density at radius 3 is 2.59 bits per heavy atom. The van der Waals surface area contributed by atoms with Gasteiger partial charge in [0.05, 0.1) is 24.9 Å². The maximum absolute atomic E-state index is 12.7. The van der Waals surface area contributed by atoms with Gasteiger partial charge in [0.1, 0.15) is 11.4 Å². The Hall–Kier alpha value is -3.61. The maximum atomic E-state index is 12.7. The summed E-state index contributed by atoms with van der Waals surface area (Å²) in [6.07, 6.45) is 1.66. The molecule has 0 saturated heterocycles. The molecule has 0 spiro atoms. The van der Waals surface area contributed by atoms with Crippen molar-refractivity contribution < 1.29 is 14.3 Å². The van der Waals surface area contributed by atoms with E-state index >= 15 is 0 Å². The van der Waals surface area contributed by atoms with Crippen LogP contribution in [0, 0.1) is 0 Å². The summed E-state index contributed by atoms with van der Waals surface area (Å²) < 4.78 is 6.92. The standard InChI is InChI=1S/C20H20N4O3/c1-21-18(25)12-22-20(26)17-13-24(15-8-4-3-5-9-15)23-19(17)14-7-6-10-16(11-14)27-2/h3-11,13H,12H2,1-2H3,(H,21,25)(H,22,26). The SMILES string of the molecule is CNC(=O)CNC(=O)c1cn(-c2ccccc2)nc1-c1cccc(OC)c1. The van der Waals surface area contributed by atoms with Gasteiger partial charge in [0.2, 0.25) is 5.91 Å². The number of rotatable bonds is 6. The molecule has 0 bridgehead atoms. The normalized spacial score (nSPS) is 10.3. The van der Waals surface area contributed by atoms with E-state index < -0.39 is 0 Å². The van der Waals surface area contributed by atoms with Crippen molar-refractivity contribution in [1.82, 2.24) is 20.4 Å². The Bertz CT molecular complexity index is 951. The fourth-order valence-corrected chi connectivity index (χ4v) is 2.58. The van der Waals surface area contributed by atoms with Crippen LogP contribution in [0.25, 0.3) is 16.9 Å². The van der Waals surface area contributed by atoms with E-state index in [-0.39, 0.29) is 18.4 Å². The molecule has 0 aliphatic carbocycles. The Kier molecular flexibility index (Phi) is 5.51. The minimum absolute atomic E-state index is 0.108. The summed E-state index contributed by atoms with van der Waals surface area (Å²) in [4.78, 5) is 24.1. The molecule has 2 aromatic carbocycles. The number of nitrogens with one attached hydrogen (secondary N) is 2. The average molecular weight is 364 g/mol. The highest BCUT2D eigenvalue weighted by Gasteiger charge is 2.19. The summed E-state index contributed by atoms with van der Waals surface area (Å²) in [5, 5.41) is 9.69. The summed E-state index contributed by atoms with van der Waals surface area (Å²) in [7, 11) is 3.10. The second-order valence-corrected chi connectivity index (χ2v) is 5.76. The van der Waals surface area contributed by atoms with Gasteiger partial charge >= 0.3 is 0 Å². The van der Waals surface area contributed by atoms with Crippen LogP contribution in [0.15, 0.2) is 60.8 Å². The molecule has 0 unspecified atom stereocenters. The van der Waals surface area contributed by atoms with Crippen LogP contribution in [0.5, 0.6) is 5.75 Å². The number of hydrogen-bond acceptors (Lipinski definition) is 4. The summed E-state index contributed by atoms with van der Waals surface area (Å²) >= 11 is 0. The predicted octanol–water partition coefficient (Wildman–Crippen LogP) is 2.02. The molecule has 138 valence electrons. The van der Waals surface area contributed by atoms with Crippen LogP contribution < -0.4 is 15.4 Å². The van der Waals surface area contributed by atoms with E-state index in [2.05, 4.69) is 15.7 Å². The number of amides is 2. The molecule has 0 fully saturated rings. The fourth-order valence-electron chi connectivity index (χ4n) is 2.58. The van der Waals surface area contributed by atoms with E-state index in [0.29, 0.717) is 17.0 Å². The molecule has 2 N–H and O–H groups in total. The Balaban J connectivity index is 2.02.